The number of hydrazine groups is 1. The molecule has 4 nitrogen and oxygen atoms in total. The van der Waals surface area contributed by atoms with E-state index >= 15 is 0 Å². The summed E-state index contributed by atoms with van der Waals surface area (Å²) in [5.74, 6) is -0.217. The zero-order valence-corrected chi connectivity index (χ0v) is 9.32. The fourth-order valence-corrected chi connectivity index (χ4v) is 1.68. The molecule has 0 radical (unpaired) electrons. The van der Waals surface area contributed by atoms with E-state index in [0.717, 1.165) is 24.1 Å². The second-order valence-electron chi connectivity index (χ2n) is 3.81. The average Bonchev–Trinajstić information content (AvgIpc) is 2.73. The number of nitrogens with one attached hydrogen (secondary N) is 2. The summed E-state index contributed by atoms with van der Waals surface area (Å²) < 4.78 is 5.18. The molecule has 0 aromatic heterocycles. The number of fused-ring (bicyclic) bond motifs is 1. The Hall–Kier alpha value is -1.55. The summed E-state index contributed by atoms with van der Waals surface area (Å²) >= 11 is 0. The minimum Gasteiger partial charge on any atom is -0.464 e. The lowest BCUT2D eigenvalue weighted by Crippen LogP contribution is -2.28. The Balaban J connectivity index is 1.99. The fraction of sp³-hybridized carbons (Fsp3) is 0.417. The number of carbonyl (C=O) groups excluding carboxylic acids is 1. The number of unbranched alkanes of at least 4 members (excludes halogenated alkanes) is 1. The lowest BCUT2D eigenvalue weighted by atomic mass is 10.1. The number of ether oxygens (including phenoxy) is 1. The Labute approximate surface area is 95.0 Å². The molecule has 86 valence electrons. The number of benzene rings is 1. The summed E-state index contributed by atoms with van der Waals surface area (Å²) in [4.78, 5) is 11.8. The van der Waals surface area contributed by atoms with Gasteiger partial charge in [-0.3, -0.25) is 0 Å². The van der Waals surface area contributed by atoms with Crippen molar-refractivity contribution in [3.05, 3.63) is 29.8 Å². The molecule has 0 aliphatic carbocycles. The predicted molar refractivity (Wildman–Crippen MR) is 61.8 cm³/mol. The third kappa shape index (κ3) is 2.17. The molecule has 2 rings (SSSR count). The molecule has 0 amide bonds. The highest BCUT2D eigenvalue weighted by molar-refractivity contribution is 5.82. The van der Waals surface area contributed by atoms with Gasteiger partial charge >= 0.3 is 5.97 Å². The second kappa shape index (κ2) is 4.99. The molecule has 16 heavy (non-hydrogen) atoms. The predicted octanol–water partition coefficient (Wildman–Crippen LogP) is 2.00. The highest BCUT2D eigenvalue weighted by atomic mass is 16.5. The smallest absolute Gasteiger partial charge is 0.329 e. The highest BCUT2D eigenvalue weighted by Gasteiger charge is 2.28. The molecule has 4 heteroatoms. The van der Waals surface area contributed by atoms with E-state index in [2.05, 4.69) is 17.8 Å². The molecular weight excluding hydrogens is 204 g/mol. The van der Waals surface area contributed by atoms with Crippen molar-refractivity contribution >= 4 is 11.7 Å². The van der Waals surface area contributed by atoms with E-state index in [-0.39, 0.29) is 12.0 Å². The van der Waals surface area contributed by atoms with Crippen molar-refractivity contribution in [2.75, 3.05) is 12.0 Å². The molecule has 1 atom stereocenters. The largest absolute Gasteiger partial charge is 0.464 e. The summed E-state index contributed by atoms with van der Waals surface area (Å²) in [7, 11) is 0. The number of esters is 1. The first-order valence-corrected chi connectivity index (χ1v) is 5.60. The zero-order chi connectivity index (χ0) is 11.4. The van der Waals surface area contributed by atoms with E-state index in [1.165, 1.54) is 0 Å². The number of hydrogen-bond acceptors (Lipinski definition) is 4. The number of rotatable bonds is 4. The van der Waals surface area contributed by atoms with Crippen LogP contribution in [0.5, 0.6) is 0 Å². The number of hydrogen-bond donors (Lipinski definition) is 2. The van der Waals surface area contributed by atoms with Gasteiger partial charge in [0.15, 0.2) is 6.04 Å². The Bertz CT molecular complexity index is 379. The number of para-hydroxylation sites is 1. The maximum absolute atomic E-state index is 11.8. The quantitative estimate of drug-likeness (QED) is 0.602. The Morgan fingerprint density at radius 1 is 1.44 bits per heavy atom. The monoisotopic (exact) mass is 220 g/mol. The van der Waals surface area contributed by atoms with E-state index in [0.29, 0.717) is 6.61 Å². The van der Waals surface area contributed by atoms with Gasteiger partial charge in [0, 0.05) is 5.56 Å². The first-order chi connectivity index (χ1) is 7.83. The van der Waals surface area contributed by atoms with Crippen LogP contribution < -0.4 is 10.9 Å². The molecule has 2 N–H and O–H groups in total. The van der Waals surface area contributed by atoms with Crippen LogP contribution in [0, 0.1) is 0 Å². The first-order valence-electron chi connectivity index (χ1n) is 5.60. The van der Waals surface area contributed by atoms with Crippen molar-refractivity contribution in [3.8, 4) is 0 Å². The maximum atomic E-state index is 11.8. The van der Waals surface area contributed by atoms with Gasteiger partial charge in [0.1, 0.15) is 0 Å². The second-order valence-corrected chi connectivity index (χ2v) is 3.81. The number of anilines is 1. The number of carbonyl (C=O) groups is 1. The van der Waals surface area contributed by atoms with Crippen LogP contribution >= 0.6 is 0 Å². The zero-order valence-electron chi connectivity index (χ0n) is 9.32. The Morgan fingerprint density at radius 2 is 2.25 bits per heavy atom. The standard InChI is InChI=1S/C12H16N2O2/c1-2-3-8-16-12(15)11-9-6-4-5-7-10(9)13-14-11/h4-7,11,13-14H,2-3,8H2,1H3. The van der Waals surface area contributed by atoms with E-state index in [1.807, 2.05) is 24.3 Å². The van der Waals surface area contributed by atoms with Gasteiger partial charge in [0.25, 0.3) is 0 Å². The molecule has 1 aromatic rings. The van der Waals surface area contributed by atoms with E-state index in [4.69, 9.17) is 4.74 Å². The van der Waals surface area contributed by atoms with Crippen LogP contribution in [0.2, 0.25) is 0 Å². The highest BCUT2D eigenvalue weighted by Crippen LogP contribution is 2.28. The van der Waals surface area contributed by atoms with Gasteiger partial charge in [0.2, 0.25) is 0 Å². The normalized spacial score (nSPS) is 17.7. The average molecular weight is 220 g/mol. The van der Waals surface area contributed by atoms with E-state index in [1.54, 1.807) is 0 Å². The molecule has 0 saturated heterocycles. The molecule has 1 unspecified atom stereocenters. The van der Waals surface area contributed by atoms with Crippen LogP contribution in [0.3, 0.4) is 0 Å². The molecule has 1 aliphatic heterocycles. The summed E-state index contributed by atoms with van der Waals surface area (Å²) in [6.45, 7) is 2.56. The lowest BCUT2D eigenvalue weighted by molar-refractivity contribution is -0.146. The van der Waals surface area contributed by atoms with Gasteiger partial charge in [-0.25, -0.2) is 10.2 Å². The van der Waals surface area contributed by atoms with Crippen molar-refractivity contribution in [1.82, 2.24) is 5.43 Å². The van der Waals surface area contributed by atoms with Crippen LogP contribution in [-0.2, 0) is 9.53 Å². The van der Waals surface area contributed by atoms with Crippen molar-refractivity contribution in [2.24, 2.45) is 0 Å². The van der Waals surface area contributed by atoms with Crippen LogP contribution in [0.4, 0.5) is 5.69 Å². The van der Waals surface area contributed by atoms with Gasteiger partial charge < -0.3 is 10.2 Å². The van der Waals surface area contributed by atoms with Crippen molar-refractivity contribution in [2.45, 2.75) is 25.8 Å². The van der Waals surface area contributed by atoms with Crippen LogP contribution in [-0.4, -0.2) is 12.6 Å². The lowest BCUT2D eigenvalue weighted by Gasteiger charge is -2.10. The molecular formula is C12H16N2O2. The third-order valence-electron chi connectivity index (χ3n) is 2.60. The van der Waals surface area contributed by atoms with Crippen molar-refractivity contribution in [3.63, 3.8) is 0 Å². The molecule has 0 spiro atoms. The topological polar surface area (TPSA) is 50.4 Å². The minimum absolute atomic E-state index is 0.217. The van der Waals surface area contributed by atoms with Crippen molar-refractivity contribution < 1.29 is 9.53 Å². The van der Waals surface area contributed by atoms with Gasteiger partial charge in [0.05, 0.1) is 12.3 Å². The Kier molecular flexibility index (Phi) is 3.41. The summed E-state index contributed by atoms with van der Waals surface area (Å²) in [6, 6.07) is 7.32. The molecule has 1 aromatic carbocycles. The fourth-order valence-electron chi connectivity index (χ4n) is 1.68. The van der Waals surface area contributed by atoms with Crippen LogP contribution in [0.25, 0.3) is 0 Å². The summed E-state index contributed by atoms with van der Waals surface area (Å²) in [6.07, 6.45) is 1.94. The molecule has 1 heterocycles. The van der Waals surface area contributed by atoms with Crippen molar-refractivity contribution in [1.29, 1.82) is 0 Å². The Morgan fingerprint density at radius 3 is 3.06 bits per heavy atom. The molecule has 0 bridgehead atoms. The molecule has 0 saturated carbocycles. The van der Waals surface area contributed by atoms with Gasteiger partial charge in [-0.15, -0.1) is 0 Å². The van der Waals surface area contributed by atoms with Gasteiger partial charge in [-0.1, -0.05) is 31.5 Å². The van der Waals surface area contributed by atoms with E-state index in [9.17, 15) is 4.79 Å². The van der Waals surface area contributed by atoms with E-state index < -0.39 is 0 Å². The van der Waals surface area contributed by atoms with Crippen LogP contribution in [0.1, 0.15) is 31.4 Å². The minimum atomic E-state index is -0.381. The SMILES string of the molecule is CCCCOC(=O)C1NNc2ccccc21. The van der Waals surface area contributed by atoms with Gasteiger partial charge in [-0.05, 0) is 12.5 Å². The first kappa shape index (κ1) is 11.0. The summed E-state index contributed by atoms with van der Waals surface area (Å²) in [5, 5.41) is 0. The van der Waals surface area contributed by atoms with Crippen LogP contribution in [0.15, 0.2) is 24.3 Å². The summed E-state index contributed by atoms with van der Waals surface area (Å²) in [5.41, 5.74) is 7.79. The molecule has 1 aliphatic rings. The molecule has 0 fully saturated rings. The maximum Gasteiger partial charge on any atom is 0.329 e. The third-order valence-corrected chi connectivity index (χ3v) is 2.60. The van der Waals surface area contributed by atoms with Gasteiger partial charge in [-0.2, -0.15) is 0 Å².